The van der Waals surface area contributed by atoms with Crippen LogP contribution in [0, 0.1) is 0 Å². The molecule has 0 bridgehead atoms. The summed E-state index contributed by atoms with van der Waals surface area (Å²) in [5.74, 6) is 0.428. The van der Waals surface area contributed by atoms with Gasteiger partial charge in [-0.25, -0.2) is 0 Å². The molecule has 1 aromatic rings. The highest BCUT2D eigenvalue weighted by molar-refractivity contribution is 7.79. The number of hydrogen-bond donors (Lipinski definition) is 1. The van der Waals surface area contributed by atoms with Crippen LogP contribution in [0.1, 0.15) is 5.56 Å². The Kier molecular flexibility index (Phi) is 3.81. The number of ether oxygens (including phenoxy) is 1. The van der Waals surface area contributed by atoms with E-state index in [4.69, 9.17) is 11.6 Å². The van der Waals surface area contributed by atoms with Crippen LogP contribution in [0.3, 0.4) is 0 Å². The van der Waals surface area contributed by atoms with E-state index in [0.29, 0.717) is 16.3 Å². The molecule has 0 N–H and O–H groups in total. The van der Waals surface area contributed by atoms with E-state index in [0.717, 1.165) is 0 Å². The van der Waals surface area contributed by atoms with Crippen LogP contribution in [-0.4, -0.2) is 6.61 Å². The standard InChI is InChI=1S/C8H7ClF2OS/c9-6-1-2-7(12-8(10)11)5(3-6)4-13/h1-3,8,13H,4H2. The first-order valence-electron chi connectivity index (χ1n) is 3.47. The summed E-state index contributed by atoms with van der Waals surface area (Å²) in [7, 11) is 0. The fourth-order valence-electron chi connectivity index (χ4n) is 0.883. The number of halogens is 3. The summed E-state index contributed by atoms with van der Waals surface area (Å²) in [5.41, 5.74) is 0.552. The van der Waals surface area contributed by atoms with Crippen LogP contribution >= 0.6 is 24.2 Å². The maximum Gasteiger partial charge on any atom is 0.387 e. The molecule has 72 valence electrons. The minimum atomic E-state index is -2.82. The smallest absolute Gasteiger partial charge is 0.387 e. The van der Waals surface area contributed by atoms with Gasteiger partial charge in [0.15, 0.2) is 0 Å². The number of rotatable bonds is 3. The molecule has 0 saturated carbocycles. The van der Waals surface area contributed by atoms with E-state index < -0.39 is 6.61 Å². The summed E-state index contributed by atoms with van der Waals surface area (Å²) in [6.45, 7) is -2.82. The summed E-state index contributed by atoms with van der Waals surface area (Å²) in [6.07, 6.45) is 0. The zero-order chi connectivity index (χ0) is 9.84. The monoisotopic (exact) mass is 224 g/mol. The molecule has 0 heterocycles. The molecular weight excluding hydrogens is 218 g/mol. The summed E-state index contributed by atoms with van der Waals surface area (Å²) in [5, 5.41) is 0.477. The van der Waals surface area contributed by atoms with Gasteiger partial charge in [0.2, 0.25) is 0 Å². The Morgan fingerprint density at radius 2 is 2.15 bits per heavy atom. The van der Waals surface area contributed by atoms with Crippen molar-refractivity contribution < 1.29 is 13.5 Å². The van der Waals surface area contributed by atoms with E-state index in [-0.39, 0.29) is 5.75 Å². The molecule has 0 unspecified atom stereocenters. The predicted octanol–water partition coefficient (Wildman–Crippen LogP) is 3.37. The minimum absolute atomic E-state index is 0.120. The van der Waals surface area contributed by atoms with Gasteiger partial charge in [-0.2, -0.15) is 21.4 Å². The topological polar surface area (TPSA) is 9.23 Å². The van der Waals surface area contributed by atoms with Crippen LogP contribution in [0.5, 0.6) is 5.75 Å². The molecule has 0 spiro atoms. The van der Waals surface area contributed by atoms with Crippen molar-refractivity contribution in [2.45, 2.75) is 12.4 Å². The van der Waals surface area contributed by atoms with Crippen LogP contribution in [-0.2, 0) is 5.75 Å². The van der Waals surface area contributed by atoms with Crippen LogP contribution < -0.4 is 4.74 Å². The van der Waals surface area contributed by atoms with Crippen molar-refractivity contribution in [1.82, 2.24) is 0 Å². The highest BCUT2D eigenvalue weighted by atomic mass is 35.5. The van der Waals surface area contributed by atoms with Crippen molar-refractivity contribution >= 4 is 24.2 Å². The van der Waals surface area contributed by atoms with Crippen LogP contribution in [0.25, 0.3) is 0 Å². The van der Waals surface area contributed by atoms with Gasteiger partial charge >= 0.3 is 6.61 Å². The Morgan fingerprint density at radius 1 is 1.46 bits per heavy atom. The zero-order valence-electron chi connectivity index (χ0n) is 6.51. The van der Waals surface area contributed by atoms with E-state index >= 15 is 0 Å². The lowest BCUT2D eigenvalue weighted by Crippen LogP contribution is -2.03. The Morgan fingerprint density at radius 3 is 2.69 bits per heavy atom. The van der Waals surface area contributed by atoms with Crippen LogP contribution in [0.2, 0.25) is 5.02 Å². The van der Waals surface area contributed by atoms with E-state index in [1.807, 2.05) is 0 Å². The molecule has 0 aromatic heterocycles. The Hall–Kier alpha value is -0.480. The number of hydrogen-bond acceptors (Lipinski definition) is 2. The summed E-state index contributed by atoms with van der Waals surface area (Å²) < 4.78 is 28.0. The van der Waals surface area contributed by atoms with Crippen molar-refractivity contribution in [2.75, 3.05) is 0 Å². The molecule has 0 amide bonds. The second-order valence-corrected chi connectivity index (χ2v) is 3.04. The van der Waals surface area contributed by atoms with Crippen molar-refractivity contribution in [2.24, 2.45) is 0 Å². The first-order valence-corrected chi connectivity index (χ1v) is 4.48. The Balaban J connectivity index is 2.92. The molecule has 0 aliphatic rings. The molecule has 0 aliphatic carbocycles. The third-order valence-electron chi connectivity index (χ3n) is 1.41. The second-order valence-electron chi connectivity index (χ2n) is 2.29. The third kappa shape index (κ3) is 3.04. The molecule has 1 aromatic carbocycles. The number of benzene rings is 1. The highest BCUT2D eigenvalue weighted by Gasteiger charge is 2.08. The van der Waals surface area contributed by atoms with Gasteiger partial charge in [0, 0.05) is 16.3 Å². The Labute approximate surface area is 85.1 Å². The lowest BCUT2D eigenvalue weighted by atomic mass is 10.2. The lowest BCUT2D eigenvalue weighted by Gasteiger charge is -2.08. The molecule has 0 fully saturated rings. The van der Waals surface area contributed by atoms with E-state index in [1.54, 1.807) is 6.07 Å². The summed E-state index contributed by atoms with van der Waals surface area (Å²) >= 11 is 9.62. The van der Waals surface area contributed by atoms with Gasteiger partial charge in [-0.1, -0.05) is 11.6 Å². The SMILES string of the molecule is FC(F)Oc1ccc(Cl)cc1CS. The molecule has 0 saturated heterocycles. The fourth-order valence-corrected chi connectivity index (χ4v) is 1.32. The molecule has 1 rings (SSSR count). The van der Waals surface area contributed by atoms with Crippen molar-refractivity contribution in [1.29, 1.82) is 0 Å². The maximum atomic E-state index is 11.9. The molecule has 0 radical (unpaired) electrons. The zero-order valence-corrected chi connectivity index (χ0v) is 8.16. The first kappa shape index (κ1) is 10.6. The van der Waals surface area contributed by atoms with Gasteiger partial charge in [0.25, 0.3) is 0 Å². The van der Waals surface area contributed by atoms with E-state index in [2.05, 4.69) is 17.4 Å². The first-order chi connectivity index (χ1) is 6.13. The third-order valence-corrected chi connectivity index (χ3v) is 1.98. The fraction of sp³-hybridized carbons (Fsp3) is 0.250. The van der Waals surface area contributed by atoms with Crippen molar-refractivity contribution in [3.05, 3.63) is 28.8 Å². The molecule has 0 atom stereocenters. The number of alkyl halides is 2. The van der Waals surface area contributed by atoms with Crippen molar-refractivity contribution in [3.63, 3.8) is 0 Å². The van der Waals surface area contributed by atoms with Crippen LogP contribution in [0.4, 0.5) is 8.78 Å². The minimum Gasteiger partial charge on any atom is -0.435 e. The van der Waals surface area contributed by atoms with Gasteiger partial charge in [-0.05, 0) is 18.2 Å². The quantitative estimate of drug-likeness (QED) is 0.775. The van der Waals surface area contributed by atoms with Gasteiger partial charge < -0.3 is 4.74 Å². The normalized spacial score (nSPS) is 10.5. The van der Waals surface area contributed by atoms with Crippen molar-refractivity contribution in [3.8, 4) is 5.75 Å². The number of thiol groups is 1. The van der Waals surface area contributed by atoms with Gasteiger partial charge in [0.05, 0.1) is 0 Å². The molecule has 0 aliphatic heterocycles. The predicted molar refractivity (Wildman–Crippen MR) is 50.8 cm³/mol. The molecule has 1 nitrogen and oxygen atoms in total. The highest BCUT2D eigenvalue weighted by Crippen LogP contribution is 2.25. The van der Waals surface area contributed by atoms with Gasteiger partial charge in [-0.3, -0.25) is 0 Å². The largest absolute Gasteiger partial charge is 0.435 e. The molecular formula is C8H7ClF2OS. The van der Waals surface area contributed by atoms with Gasteiger partial charge in [0.1, 0.15) is 5.75 Å². The average Bonchev–Trinajstić information content (AvgIpc) is 2.07. The van der Waals surface area contributed by atoms with Crippen LogP contribution in [0.15, 0.2) is 18.2 Å². The van der Waals surface area contributed by atoms with E-state index in [1.165, 1.54) is 12.1 Å². The summed E-state index contributed by atoms with van der Waals surface area (Å²) in [4.78, 5) is 0. The maximum absolute atomic E-state index is 11.9. The molecule has 5 heteroatoms. The van der Waals surface area contributed by atoms with Gasteiger partial charge in [-0.15, -0.1) is 0 Å². The molecule has 13 heavy (non-hydrogen) atoms. The average molecular weight is 225 g/mol. The second kappa shape index (κ2) is 4.67. The van der Waals surface area contributed by atoms with E-state index in [9.17, 15) is 8.78 Å². The summed E-state index contributed by atoms with van der Waals surface area (Å²) in [6, 6.07) is 4.44. The lowest BCUT2D eigenvalue weighted by molar-refractivity contribution is -0.0503. The Bertz CT molecular complexity index is 293.